The van der Waals surface area contributed by atoms with Crippen LogP contribution in [0.25, 0.3) is 0 Å². The first-order valence-corrected chi connectivity index (χ1v) is 7.45. The molecule has 1 aromatic rings. The van der Waals surface area contributed by atoms with Crippen molar-refractivity contribution in [1.29, 1.82) is 0 Å². The molecule has 19 heavy (non-hydrogen) atoms. The van der Waals surface area contributed by atoms with Gasteiger partial charge in [0.2, 0.25) is 5.91 Å². The first-order valence-electron chi connectivity index (χ1n) is 6.28. The minimum Gasteiger partial charge on any atom is -0.325 e. The van der Waals surface area contributed by atoms with Crippen LogP contribution in [0.15, 0.2) is 16.7 Å². The van der Waals surface area contributed by atoms with Gasteiger partial charge in [-0.25, -0.2) is 4.98 Å². The van der Waals surface area contributed by atoms with Gasteiger partial charge in [0.05, 0.1) is 16.4 Å². The number of nitrogens with one attached hydrogen (secondary N) is 1. The SMILES string of the molecule is CC(CC(=O)Nc1cnc(Cl)c(Br)c1)CC(C)(C)C. The van der Waals surface area contributed by atoms with E-state index in [4.69, 9.17) is 11.6 Å². The number of amides is 1. The smallest absolute Gasteiger partial charge is 0.224 e. The summed E-state index contributed by atoms with van der Waals surface area (Å²) < 4.78 is 0.676. The number of halogens is 2. The molecule has 1 amide bonds. The number of aromatic nitrogens is 1. The highest BCUT2D eigenvalue weighted by atomic mass is 79.9. The molecule has 5 heteroatoms. The van der Waals surface area contributed by atoms with Gasteiger partial charge >= 0.3 is 0 Å². The Labute approximate surface area is 128 Å². The fourth-order valence-corrected chi connectivity index (χ4v) is 2.59. The summed E-state index contributed by atoms with van der Waals surface area (Å²) in [6.45, 7) is 8.64. The third-order valence-corrected chi connectivity index (χ3v) is 3.71. The van der Waals surface area contributed by atoms with Crippen LogP contribution in [0.4, 0.5) is 5.69 Å². The van der Waals surface area contributed by atoms with Crippen molar-refractivity contribution >= 4 is 39.1 Å². The van der Waals surface area contributed by atoms with Crippen LogP contribution in [0.5, 0.6) is 0 Å². The van der Waals surface area contributed by atoms with E-state index in [-0.39, 0.29) is 11.3 Å². The van der Waals surface area contributed by atoms with Crippen LogP contribution >= 0.6 is 27.5 Å². The lowest BCUT2D eigenvalue weighted by molar-refractivity contribution is -0.117. The van der Waals surface area contributed by atoms with Crippen LogP contribution in [0.3, 0.4) is 0 Å². The molecule has 1 atom stereocenters. The molecule has 0 saturated carbocycles. The second kappa shape index (κ2) is 6.71. The lowest BCUT2D eigenvalue weighted by Crippen LogP contribution is -2.19. The second-order valence-electron chi connectivity index (χ2n) is 6.12. The number of carbonyl (C=O) groups excluding carboxylic acids is 1. The Morgan fingerprint density at radius 2 is 2.16 bits per heavy atom. The standard InChI is InChI=1S/C14H20BrClN2O/c1-9(7-14(2,3)4)5-12(19)18-10-6-11(15)13(16)17-8-10/h6,8-9H,5,7H2,1-4H3,(H,18,19). The first-order chi connectivity index (χ1) is 8.67. The second-order valence-corrected chi connectivity index (χ2v) is 7.33. The maximum absolute atomic E-state index is 11.9. The van der Waals surface area contributed by atoms with E-state index in [9.17, 15) is 4.79 Å². The molecular formula is C14H20BrClN2O. The highest BCUT2D eigenvalue weighted by molar-refractivity contribution is 9.10. The van der Waals surface area contributed by atoms with E-state index in [0.717, 1.165) is 6.42 Å². The van der Waals surface area contributed by atoms with Gasteiger partial charge in [-0.05, 0) is 39.8 Å². The molecule has 3 nitrogen and oxygen atoms in total. The molecule has 0 bridgehead atoms. The predicted molar refractivity (Wildman–Crippen MR) is 83.4 cm³/mol. The molecule has 1 heterocycles. The molecule has 0 spiro atoms. The summed E-state index contributed by atoms with van der Waals surface area (Å²) in [5.74, 6) is 0.358. The summed E-state index contributed by atoms with van der Waals surface area (Å²) in [7, 11) is 0. The fourth-order valence-electron chi connectivity index (χ4n) is 2.14. The van der Waals surface area contributed by atoms with Gasteiger partial charge in [0.1, 0.15) is 5.15 Å². The molecule has 1 rings (SSSR count). The Kier molecular flexibility index (Phi) is 5.81. The third-order valence-electron chi connectivity index (χ3n) is 2.57. The first kappa shape index (κ1) is 16.4. The van der Waals surface area contributed by atoms with E-state index in [1.165, 1.54) is 0 Å². The summed E-state index contributed by atoms with van der Waals surface area (Å²) in [6.07, 6.45) is 3.08. The summed E-state index contributed by atoms with van der Waals surface area (Å²) in [6, 6.07) is 1.75. The number of hydrogen-bond donors (Lipinski definition) is 1. The minimum atomic E-state index is 0.00720. The maximum Gasteiger partial charge on any atom is 0.224 e. The molecule has 1 aromatic heterocycles. The van der Waals surface area contributed by atoms with Crippen molar-refractivity contribution in [3.63, 3.8) is 0 Å². The van der Waals surface area contributed by atoms with Crippen molar-refractivity contribution in [3.05, 3.63) is 21.9 Å². The lowest BCUT2D eigenvalue weighted by atomic mass is 9.84. The van der Waals surface area contributed by atoms with Crippen LogP contribution in [0, 0.1) is 11.3 Å². The van der Waals surface area contributed by atoms with E-state index in [0.29, 0.717) is 27.7 Å². The topological polar surface area (TPSA) is 42.0 Å². The summed E-state index contributed by atoms with van der Waals surface area (Å²) >= 11 is 9.08. The van der Waals surface area contributed by atoms with Gasteiger partial charge in [0.25, 0.3) is 0 Å². The van der Waals surface area contributed by atoms with Gasteiger partial charge in [0, 0.05) is 6.42 Å². The van der Waals surface area contributed by atoms with Crippen LogP contribution in [0.2, 0.25) is 5.15 Å². The lowest BCUT2D eigenvalue weighted by Gasteiger charge is -2.22. The number of pyridine rings is 1. The van der Waals surface area contributed by atoms with Crippen molar-refractivity contribution in [2.45, 2.75) is 40.5 Å². The predicted octanol–water partition coefficient (Wildman–Crippen LogP) is 4.90. The molecule has 0 aliphatic heterocycles. The van der Waals surface area contributed by atoms with Crippen molar-refractivity contribution < 1.29 is 4.79 Å². The van der Waals surface area contributed by atoms with E-state index >= 15 is 0 Å². The molecule has 0 fully saturated rings. The summed E-state index contributed by atoms with van der Waals surface area (Å²) in [4.78, 5) is 15.9. The van der Waals surface area contributed by atoms with Gasteiger partial charge < -0.3 is 5.32 Å². The molecule has 106 valence electrons. The van der Waals surface area contributed by atoms with E-state index in [1.807, 2.05) is 0 Å². The molecule has 0 radical (unpaired) electrons. The largest absolute Gasteiger partial charge is 0.325 e. The Bertz CT molecular complexity index is 457. The molecule has 0 aliphatic rings. The average Bonchev–Trinajstić information content (AvgIpc) is 2.20. The zero-order valence-electron chi connectivity index (χ0n) is 11.8. The highest BCUT2D eigenvalue weighted by Gasteiger charge is 2.17. The van der Waals surface area contributed by atoms with Gasteiger partial charge in [-0.2, -0.15) is 0 Å². The van der Waals surface area contributed by atoms with Gasteiger partial charge in [-0.1, -0.05) is 39.3 Å². The minimum absolute atomic E-state index is 0.00720. The average molecular weight is 348 g/mol. The van der Waals surface area contributed by atoms with Crippen molar-refractivity contribution in [2.24, 2.45) is 11.3 Å². The van der Waals surface area contributed by atoms with Gasteiger partial charge in [-0.3, -0.25) is 4.79 Å². The van der Waals surface area contributed by atoms with Gasteiger partial charge in [0.15, 0.2) is 0 Å². The number of anilines is 1. The number of hydrogen-bond acceptors (Lipinski definition) is 2. The fraction of sp³-hybridized carbons (Fsp3) is 0.571. The molecule has 1 unspecified atom stereocenters. The Balaban J connectivity index is 2.53. The molecule has 0 saturated heterocycles. The molecule has 0 aliphatic carbocycles. The quantitative estimate of drug-likeness (QED) is 0.787. The maximum atomic E-state index is 11.9. The van der Waals surface area contributed by atoms with Gasteiger partial charge in [-0.15, -0.1) is 0 Å². The van der Waals surface area contributed by atoms with Crippen LogP contribution in [0.1, 0.15) is 40.5 Å². The Hall–Kier alpha value is -0.610. The molecule has 1 N–H and O–H groups in total. The van der Waals surface area contributed by atoms with E-state index in [2.05, 4.69) is 53.9 Å². The Morgan fingerprint density at radius 1 is 1.53 bits per heavy atom. The number of carbonyl (C=O) groups is 1. The van der Waals surface area contributed by atoms with Crippen molar-refractivity contribution in [2.75, 3.05) is 5.32 Å². The number of rotatable bonds is 4. The monoisotopic (exact) mass is 346 g/mol. The van der Waals surface area contributed by atoms with Crippen molar-refractivity contribution in [3.8, 4) is 0 Å². The van der Waals surface area contributed by atoms with Crippen LogP contribution in [-0.4, -0.2) is 10.9 Å². The number of nitrogens with zero attached hydrogens (tertiary/aromatic N) is 1. The summed E-state index contributed by atoms with van der Waals surface area (Å²) in [5, 5.41) is 3.22. The zero-order valence-corrected chi connectivity index (χ0v) is 14.1. The normalized spacial score (nSPS) is 13.2. The van der Waals surface area contributed by atoms with E-state index < -0.39 is 0 Å². The molecule has 0 aromatic carbocycles. The third kappa shape index (κ3) is 6.39. The van der Waals surface area contributed by atoms with E-state index in [1.54, 1.807) is 12.3 Å². The highest BCUT2D eigenvalue weighted by Crippen LogP contribution is 2.27. The Morgan fingerprint density at radius 3 is 2.68 bits per heavy atom. The summed E-state index contributed by atoms with van der Waals surface area (Å²) in [5.41, 5.74) is 0.897. The van der Waals surface area contributed by atoms with Crippen molar-refractivity contribution in [1.82, 2.24) is 4.98 Å². The molecular weight excluding hydrogens is 328 g/mol. The van der Waals surface area contributed by atoms with Crippen LogP contribution < -0.4 is 5.32 Å². The van der Waals surface area contributed by atoms with Crippen LogP contribution in [-0.2, 0) is 4.79 Å². The zero-order chi connectivity index (χ0) is 14.6.